The van der Waals surface area contributed by atoms with Gasteiger partial charge in [0.1, 0.15) is 0 Å². The van der Waals surface area contributed by atoms with Crippen LogP contribution in [0.2, 0.25) is 12.6 Å². The van der Waals surface area contributed by atoms with E-state index in [1.807, 2.05) is 0 Å². The summed E-state index contributed by atoms with van der Waals surface area (Å²) in [7, 11) is -0.0337. The van der Waals surface area contributed by atoms with E-state index >= 15 is 0 Å². The Labute approximate surface area is 101 Å². The molecule has 0 aromatic rings. The molecular formula is C12H26O3Si. The normalized spacial score (nSPS) is 23.1. The molecular weight excluding hydrogens is 220 g/mol. The standard InChI is InChI=1S/C12H26O3Si/c1-4-10-16(3,13-2)15-9-7-5-6-8-12-11-14-12/h12H,4-11H2,1-3H3. The van der Waals surface area contributed by atoms with Crippen molar-refractivity contribution < 1.29 is 13.6 Å². The highest BCUT2D eigenvalue weighted by Crippen LogP contribution is 2.18. The molecule has 96 valence electrons. The van der Waals surface area contributed by atoms with E-state index in [1.54, 1.807) is 7.11 Å². The Morgan fingerprint density at radius 1 is 1.31 bits per heavy atom. The molecule has 3 nitrogen and oxygen atoms in total. The molecule has 16 heavy (non-hydrogen) atoms. The lowest BCUT2D eigenvalue weighted by molar-refractivity contribution is 0.199. The van der Waals surface area contributed by atoms with Crippen molar-refractivity contribution >= 4 is 8.56 Å². The van der Waals surface area contributed by atoms with Crippen LogP contribution in [0.3, 0.4) is 0 Å². The van der Waals surface area contributed by atoms with Crippen LogP contribution in [0.1, 0.15) is 39.0 Å². The molecule has 2 unspecified atom stereocenters. The maximum absolute atomic E-state index is 5.93. The molecule has 1 rings (SSSR count). The minimum absolute atomic E-state index is 0.583. The van der Waals surface area contributed by atoms with Crippen LogP contribution < -0.4 is 0 Å². The maximum Gasteiger partial charge on any atom is 0.334 e. The van der Waals surface area contributed by atoms with Crippen LogP contribution in [0.4, 0.5) is 0 Å². The first-order valence-corrected chi connectivity index (χ1v) is 9.03. The average molecular weight is 246 g/mol. The molecule has 1 saturated heterocycles. The van der Waals surface area contributed by atoms with E-state index in [2.05, 4.69) is 13.5 Å². The summed E-state index contributed by atoms with van der Waals surface area (Å²) in [6.07, 6.45) is 6.64. The third-order valence-corrected chi connectivity index (χ3v) is 6.20. The monoisotopic (exact) mass is 246 g/mol. The third-order valence-electron chi connectivity index (χ3n) is 3.12. The first kappa shape index (κ1) is 14.2. The number of hydrogen-bond acceptors (Lipinski definition) is 3. The van der Waals surface area contributed by atoms with Crippen LogP contribution in [-0.4, -0.2) is 35.0 Å². The summed E-state index contributed by atoms with van der Waals surface area (Å²) >= 11 is 0. The lowest BCUT2D eigenvalue weighted by atomic mass is 10.2. The predicted molar refractivity (Wildman–Crippen MR) is 67.9 cm³/mol. The van der Waals surface area contributed by atoms with E-state index in [1.165, 1.54) is 19.3 Å². The molecule has 0 spiro atoms. The minimum Gasteiger partial charge on any atom is -0.398 e. The van der Waals surface area contributed by atoms with Crippen LogP contribution in [0.15, 0.2) is 0 Å². The summed E-state index contributed by atoms with van der Waals surface area (Å²) in [5.74, 6) is 0. The molecule has 2 atom stereocenters. The highest BCUT2D eigenvalue weighted by molar-refractivity contribution is 6.65. The Balaban J connectivity index is 1.94. The highest BCUT2D eigenvalue weighted by atomic mass is 28.4. The Morgan fingerprint density at radius 3 is 2.62 bits per heavy atom. The van der Waals surface area contributed by atoms with E-state index in [4.69, 9.17) is 13.6 Å². The zero-order valence-corrected chi connectivity index (χ0v) is 12.0. The zero-order chi connectivity index (χ0) is 11.9. The van der Waals surface area contributed by atoms with Crippen molar-refractivity contribution in [2.45, 2.75) is 57.7 Å². The molecule has 1 aliphatic heterocycles. The van der Waals surface area contributed by atoms with E-state index in [9.17, 15) is 0 Å². The van der Waals surface area contributed by atoms with Crippen molar-refractivity contribution in [3.63, 3.8) is 0 Å². The highest BCUT2D eigenvalue weighted by Gasteiger charge is 2.28. The van der Waals surface area contributed by atoms with E-state index in [0.29, 0.717) is 6.10 Å². The summed E-state index contributed by atoms with van der Waals surface area (Å²) in [6, 6.07) is 1.10. The summed E-state index contributed by atoms with van der Waals surface area (Å²) < 4.78 is 16.6. The summed E-state index contributed by atoms with van der Waals surface area (Å²) in [6.45, 7) is 6.20. The van der Waals surface area contributed by atoms with Crippen LogP contribution >= 0.6 is 0 Å². The molecule has 0 saturated carbocycles. The first-order chi connectivity index (χ1) is 7.70. The topological polar surface area (TPSA) is 31.0 Å². The van der Waals surface area contributed by atoms with Crippen molar-refractivity contribution in [3.8, 4) is 0 Å². The molecule has 1 heterocycles. The average Bonchev–Trinajstić information content (AvgIpc) is 3.07. The maximum atomic E-state index is 5.93. The van der Waals surface area contributed by atoms with Gasteiger partial charge in [-0.3, -0.25) is 0 Å². The molecule has 4 heteroatoms. The minimum atomic E-state index is -1.82. The van der Waals surface area contributed by atoms with Crippen molar-refractivity contribution in [1.29, 1.82) is 0 Å². The van der Waals surface area contributed by atoms with Gasteiger partial charge in [-0.2, -0.15) is 0 Å². The number of ether oxygens (including phenoxy) is 1. The predicted octanol–water partition coefficient (Wildman–Crippen LogP) is 3.09. The number of epoxide rings is 1. The van der Waals surface area contributed by atoms with Crippen molar-refractivity contribution in [2.24, 2.45) is 0 Å². The van der Waals surface area contributed by atoms with Crippen LogP contribution in [0.25, 0.3) is 0 Å². The van der Waals surface area contributed by atoms with Crippen molar-refractivity contribution in [1.82, 2.24) is 0 Å². The molecule has 1 fully saturated rings. The summed E-state index contributed by atoms with van der Waals surface area (Å²) in [4.78, 5) is 0. The fraction of sp³-hybridized carbons (Fsp3) is 1.00. The first-order valence-electron chi connectivity index (χ1n) is 6.51. The smallest absolute Gasteiger partial charge is 0.334 e. The van der Waals surface area contributed by atoms with Crippen LogP contribution in [0.5, 0.6) is 0 Å². The quantitative estimate of drug-likeness (QED) is 0.337. The van der Waals surface area contributed by atoms with Gasteiger partial charge in [-0.1, -0.05) is 26.2 Å². The van der Waals surface area contributed by atoms with Crippen LogP contribution in [0, 0.1) is 0 Å². The largest absolute Gasteiger partial charge is 0.398 e. The van der Waals surface area contributed by atoms with Gasteiger partial charge in [-0.05, 0) is 25.4 Å². The van der Waals surface area contributed by atoms with Gasteiger partial charge < -0.3 is 13.6 Å². The summed E-state index contributed by atoms with van der Waals surface area (Å²) in [5, 5.41) is 0. The molecule has 0 aromatic heterocycles. The molecule has 0 bridgehead atoms. The second-order valence-electron chi connectivity index (χ2n) is 4.74. The van der Waals surface area contributed by atoms with Gasteiger partial charge >= 0.3 is 8.56 Å². The Hall–Kier alpha value is 0.0969. The molecule has 0 radical (unpaired) electrons. The Kier molecular flexibility index (Phi) is 6.57. The van der Waals surface area contributed by atoms with Crippen molar-refractivity contribution in [3.05, 3.63) is 0 Å². The molecule has 0 N–H and O–H groups in total. The van der Waals surface area contributed by atoms with E-state index in [-0.39, 0.29) is 0 Å². The van der Waals surface area contributed by atoms with E-state index in [0.717, 1.165) is 32.1 Å². The van der Waals surface area contributed by atoms with Gasteiger partial charge in [0.2, 0.25) is 0 Å². The molecule has 0 amide bonds. The Morgan fingerprint density at radius 2 is 2.06 bits per heavy atom. The van der Waals surface area contributed by atoms with Gasteiger partial charge in [-0.15, -0.1) is 0 Å². The van der Waals surface area contributed by atoms with Gasteiger partial charge in [0.25, 0.3) is 0 Å². The lowest BCUT2D eigenvalue weighted by Gasteiger charge is -2.24. The molecule has 0 aromatic carbocycles. The fourth-order valence-electron chi connectivity index (χ4n) is 1.86. The fourth-order valence-corrected chi connectivity index (χ4v) is 3.81. The van der Waals surface area contributed by atoms with E-state index < -0.39 is 8.56 Å². The lowest BCUT2D eigenvalue weighted by Crippen LogP contribution is -2.37. The number of hydrogen-bond donors (Lipinski definition) is 0. The number of unbranched alkanes of at least 4 members (excludes halogenated alkanes) is 2. The van der Waals surface area contributed by atoms with Gasteiger partial charge in [0.05, 0.1) is 12.7 Å². The Bertz CT molecular complexity index is 185. The second kappa shape index (κ2) is 7.43. The zero-order valence-electron chi connectivity index (χ0n) is 11.0. The van der Waals surface area contributed by atoms with Crippen molar-refractivity contribution in [2.75, 3.05) is 20.3 Å². The molecule has 1 aliphatic rings. The molecule has 0 aliphatic carbocycles. The van der Waals surface area contributed by atoms with Gasteiger partial charge in [-0.25, -0.2) is 0 Å². The number of rotatable bonds is 10. The van der Waals surface area contributed by atoms with Gasteiger partial charge in [0, 0.05) is 13.7 Å². The second-order valence-corrected chi connectivity index (χ2v) is 8.21. The summed E-state index contributed by atoms with van der Waals surface area (Å²) in [5.41, 5.74) is 0. The van der Waals surface area contributed by atoms with Crippen LogP contribution in [-0.2, 0) is 13.6 Å². The third kappa shape index (κ3) is 5.99. The van der Waals surface area contributed by atoms with Gasteiger partial charge in [0.15, 0.2) is 0 Å². The SMILES string of the molecule is CCC[Si](C)(OC)OCCCCCC1CO1.